The van der Waals surface area contributed by atoms with Crippen LogP contribution in [0.3, 0.4) is 0 Å². The molecule has 1 saturated carbocycles. The number of amides is 1. The number of furan rings is 1. The molecule has 2 heterocycles. The molecule has 0 saturated heterocycles. The number of rotatable bonds is 6. The molecule has 1 aliphatic rings. The molecule has 1 aromatic carbocycles. The Hall–Kier alpha value is -2.80. The first-order chi connectivity index (χ1) is 13.8. The van der Waals surface area contributed by atoms with Gasteiger partial charge in [-0.15, -0.1) is 0 Å². The molecule has 2 aromatic heterocycles. The van der Waals surface area contributed by atoms with Crippen LogP contribution in [0, 0.1) is 6.92 Å². The van der Waals surface area contributed by atoms with Crippen LogP contribution in [0.1, 0.15) is 41.4 Å². The number of hydrogen-bond donors (Lipinski definition) is 1. The summed E-state index contributed by atoms with van der Waals surface area (Å²) in [5, 5.41) is 4.64. The molecule has 0 bridgehead atoms. The monoisotopic (exact) mass is 414 g/mol. The number of aryl methyl sites for hydroxylation is 1. The van der Waals surface area contributed by atoms with E-state index in [2.05, 4.69) is 22.2 Å². The highest BCUT2D eigenvalue weighted by atomic mass is 35.5. The Balaban J connectivity index is 1.69. The van der Waals surface area contributed by atoms with Gasteiger partial charge in [0.1, 0.15) is 23.7 Å². The van der Waals surface area contributed by atoms with Gasteiger partial charge >= 0.3 is 0 Å². The maximum absolute atomic E-state index is 13.4. The van der Waals surface area contributed by atoms with Crippen molar-refractivity contribution in [3.8, 4) is 5.75 Å². The number of hydrogen-bond acceptors (Lipinski definition) is 6. The number of fused-ring (bicyclic) bond motifs is 1. The second-order valence-electron chi connectivity index (χ2n) is 7.74. The van der Waals surface area contributed by atoms with Crippen LogP contribution < -0.4 is 10.1 Å². The fourth-order valence-corrected chi connectivity index (χ4v) is 3.58. The summed E-state index contributed by atoms with van der Waals surface area (Å²) in [6.45, 7) is 4.24. The fourth-order valence-electron chi connectivity index (χ4n) is 3.38. The van der Waals surface area contributed by atoms with Crippen LogP contribution in [-0.2, 0) is 6.54 Å². The zero-order valence-electron chi connectivity index (χ0n) is 16.9. The number of benzene rings is 1. The Morgan fingerprint density at radius 1 is 1.38 bits per heavy atom. The van der Waals surface area contributed by atoms with Gasteiger partial charge < -0.3 is 19.4 Å². The molecule has 3 aromatic rings. The molecule has 1 aliphatic carbocycles. The quantitative estimate of drug-likeness (QED) is 0.642. The van der Waals surface area contributed by atoms with Crippen molar-refractivity contribution in [3.63, 3.8) is 0 Å². The van der Waals surface area contributed by atoms with Gasteiger partial charge in [-0.05, 0) is 44.9 Å². The third kappa shape index (κ3) is 3.74. The topological polar surface area (TPSA) is 80.5 Å². The lowest BCUT2D eigenvalue weighted by molar-refractivity contribution is 0.0784. The van der Waals surface area contributed by atoms with Gasteiger partial charge in [0.2, 0.25) is 5.71 Å². The first-order valence-electron chi connectivity index (χ1n) is 9.41. The normalized spacial score (nSPS) is 14.7. The van der Waals surface area contributed by atoms with Crippen LogP contribution in [0.25, 0.3) is 11.1 Å². The lowest BCUT2D eigenvalue weighted by atomic mass is 10.1. The minimum absolute atomic E-state index is 0.00678. The van der Waals surface area contributed by atoms with E-state index in [9.17, 15) is 4.79 Å². The standard InChI is InChI=1S/C21H23ClN4O3/c1-12-16(17-18(25-21(2)7-8-21)23-11-24-19(17)29-12)20(27)26(3)10-13-9-14(22)5-6-15(13)28-4/h5-6,9,11H,7-8,10H2,1-4H3,(H,23,24,25). The number of nitrogens with zero attached hydrogens (tertiary/aromatic N) is 3. The van der Waals surface area contributed by atoms with Crippen molar-refractivity contribution < 1.29 is 13.9 Å². The Morgan fingerprint density at radius 2 is 2.14 bits per heavy atom. The maximum atomic E-state index is 13.4. The smallest absolute Gasteiger partial charge is 0.258 e. The molecule has 8 heteroatoms. The van der Waals surface area contributed by atoms with Crippen LogP contribution in [-0.4, -0.2) is 40.5 Å². The van der Waals surface area contributed by atoms with Crippen molar-refractivity contribution in [1.29, 1.82) is 0 Å². The third-order valence-electron chi connectivity index (χ3n) is 5.30. The Bertz CT molecular complexity index is 1090. The van der Waals surface area contributed by atoms with E-state index < -0.39 is 0 Å². The maximum Gasteiger partial charge on any atom is 0.258 e. The van der Waals surface area contributed by atoms with Crippen LogP contribution in [0.15, 0.2) is 28.9 Å². The zero-order valence-corrected chi connectivity index (χ0v) is 17.6. The zero-order chi connectivity index (χ0) is 20.8. The van der Waals surface area contributed by atoms with E-state index in [-0.39, 0.29) is 11.4 Å². The summed E-state index contributed by atoms with van der Waals surface area (Å²) in [4.78, 5) is 23.6. The summed E-state index contributed by atoms with van der Waals surface area (Å²) >= 11 is 6.13. The Labute approximate surface area is 174 Å². The van der Waals surface area contributed by atoms with Crippen LogP contribution in [0.4, 0.5) is 5.82 Å². The highest BCUT2D eigenvalue weighted by Crippen LogP contribution is 2.40. The van der Waals surface area contributed by atoms with Gasteiger partial charge in [-0.2, -0.15) is 0 Å². The minimum atomic E-state index is -0.179. The number of carbonyl (C=O) groups excluding carboxylic acids is 1. The van der Waals surface area contributed by atoms with Crippen molar-refractivity contribution in [2.45, 2.75) is 38.8 Å². The molecule has 1 fully saturated rings. The van der Waals surface area contributed by atoms with Gasteiger partial charge in [-0.25, -0.2) is 9.97 Å². The summed E-state index contributed by atoms with van der Waals surface area (Å²) < 4.78 is 11.2. The average Bonchev–Trinajstić information content (AvgIpc) is 3.30. The molecule has 1 amide bonds. The van der Waals surface area contributed by atoms with E-state index in [1.165, 1.54) is 6.33 Å². The van der Waals surface area contributed by atoms with Gasteiger partial charge in [0.25, 0.3) is 5.91 Å². The molecular formula is C21H23ClN4O3. The number of carbonyl (C=O) groups is 1. The number of aromatic nitrogens is 2. The van der Waals surface area contributed by atoms with Gasteiger partial charge in [-0.1, -0.05) is 11.6 Å². The predicted octanol–water partition coefficient (Wildman–Crippen LogP) is 4.43. The van der Waals surface area contributed by atoms with Crippen LogP contribution in [0.2, 0.25) is 5.02 Å². The minimum Gasteiger partial charge on any atom is -0.496 e. The summed E-state index contributed by atoms with van der Waals surface area (Å²) in [6.07, 6.45) is 3.58. The third-order valence-corrected chi connectivity index (χ3v) is 5.53. The number of nitrogens with one attached hydrogen (secondary N) is 1. The Kier molecular flexibility index (Phi) is 4.86. The van der Waals surface area contributed by atoms with E-state index >= 15 is 0 Å². The first kappa shape index (κ1) is 19.5. The molecule has 1 N–H and O–H groups in total. The fraction of sp³-hybridized carbons (Fsp3) is 0.381. The van der Waals surface area contributed by atoms with E-state index in [1.54, 1.807) is 44.2 Å². The molecular weight excluding hydrogens is 392 g/mol. The Morgan fingerprint density at radius 3 is 2.83 bits per heavy atom. The molecule has 0 unspecified atom stereocenters. The van der Waals surface area contributed by atoms with Crippen LogP contribution >= 0.6 is 11.6 Å². The van der Waals surface area contributed by atoms with Crippen LogP contribution in [0.5, 0.6) is 5.75 Å². The molecule has 7 nitrogen and oxygen atoms in total. The first-order valence-corrected chi connectivity index (χ1v) is 9.79. The highest BCUT2D eigenvalue weighted by molar-refractivity contribution is 6.30. The van der Waals surface area contributed by atoms with E-state index in [4.69, 9.17) is 20.8 Å². The highest BCUT2D eigenvalue weighted by Gasteiger charge is 2.38. The number of anilines is 1. The van der Waals surface area contributed by atoms with E-state index in [0.717, 1.165) is 18.4 Å². The number of halogens is 1. The molecule has 29 heavy (non-hydrogen) atoms. The summed E-state index contributed by atoms with van der Waals surface area (Å²) in [5.74, 6) is 1.64. The molecule has 0 atom stereocenters. The number of methoxy groups -OCH3 is 1. The summed E-state index contributed by atoms with van der Waals surface area (Å²) in [7, 11) is 3.33. The lowest BCUT2D eigenvalue weighted by Gasteiger charge is -2.19. The summed E-state index contributed by atoms with van der Waals surface area (Å²) in [6, 6.07) is 5.35. The molecule has 4 rings (SSSR count). The van der Waals surface area contributed by atoms with Gasteiger partial charge in [0.15, 0.2) is 0 Å². The predicted molar refractivity (Wildman–Crippen MR) is 112 cm³/mol. The van der Waals surface area contributed by atoms with E-state index in [0.29, 0.717) is 45.6 Å². The van der Waals surface area contributed by atoms with Crippen molar-refractivity contribution in [1.82, 2.24) is 14.9 Å². The van der Waals surface area contributed by atoms with Crippen molar-refractivity contribution in [2.75, 3.05) is 19.5 Å². The van der Waals surface area contributed by atoms with Crippen molar-refractivity contribution in [2.24, 2.45) is 0 Å². The average molecular weight is 415 g/mol. The van der Waals surface area contributed by atoms with Gasteiger partial charge in [0.05, 0.1) is 18.1 Å². The van der Waals surface area contributed by atoms with E-state index in [1.807, 2.05) is 0 Å². The SMILES string of the molecule is COc1ccc(Cl)cc1CN(C)C(=O)c1c(C)oc2ncnc(NC3(C)CC3)c12. The molecule has 0 aliphatic heterocycles. The lowest BCUT2D eigenvalue weighted by Crippen LogP contribution is -2.27. The summed E-state index contributed by atoms with van der Waals surface area (Å²) in [5.41, 5.74) is 1.70. The second kappa shape index (κ2) is 7.22. The van der Waals surface area contributed by atoms with Gasteiger partial charge in [-0.3, -0.25) is 4.79 Å². The molecule has 152 valence electrons. The van der Waals surface area contributed by atoms with Gasteiger partial charge in [0, 0.05) is 29.7 Å². The van der Waals surface area contributed by atoms with Crippen molar-refractivity contribution in [3.05, 3.63) is 46.4 Å². The molecule has 0 spiro atoms. The second-order valence-corrected chi connectivity index (χ2v) is 8.18. The number of ether oxygens (including phenoxy) is 1. The van der Waals surface area contributed by atoms with Crippen molar-refractivity contribution >= 4 is 34.4 Å². The molecule has 0 radical (unpaired) electrons. The largest absolute Gasteiger partial charge is 0.496 e.